The van der Waals surface area contributed by atoms with Crippen molar-refractivity contribution < 1.29 is 60.9 Å². The van der Waals surface area contributed by atoms with Gasteiger partial charge in [-0.2, -0.15) is 0 Å². The molecule has 0 aliphatic rings. The molecule has 0 radical (unpaired) electrons. The van der Waals surface area contributed by atoms with E-state index in [0.717, 1.165) is 0 Å². The average molecular weight is 631 g/mol. The van der Waals surface area contributed by atoms with E-state index in [-0.39, 0.29) is 14.9 Å². The molecule has 0 aromatic carbocycles. The van der Waals surface area contributed by atoms with Crippen molar-refractivity contribution in [1.82, 2.24) is 0 Å². The molecule has 0 unspecified atom stereocenters. The molecule has 42 heavy (non-hydrogen) atoms. The van der Waals surface area contributed by atoms with Crippen LogP contribution in [0.4, 0.5) is 0 Å². The molecule has 0 spiro atoms. The normalized spacial score (nSPS) is 11.4. The second-order valence-electron chi connectivity index (χ2n) is 15.4. The number of hydrogen-bond donors (Lipinski definition) is 7. The van der Waals surface area contributed by atoms with Crippen LogP contribution in [-0.4, -0.2) is 75.7 Å². The van der Waals surface area contributed by atoms with Gasteiger partial charge in [0.15, 0.2) is 0 Å². The molecule has 270 valence electrons. The maximum Gasteiger partial charge on any atom is 0.0949 e. The van der Waals surface area contributed by atoms with Gasteiger partial charge in [-0.15, -0.1) is 0 Å². The van der Waals surface area contributed by atoms with Crippen LogP contribution in [-0.2, 0) is 24.4 Å². The van der Waals surface area contributed by atoms with Crippen molar-refractivity contribution in [3.8, 4) is 0 Å². The molecule has 0 heterocycles. The van der Waals surface area contributed by atoms with Crippen LogP contribution >= 0.6 is 0 Å². The summed E-state index contributed by atoms with van der Waals surface area (Å²) in [4.78, 5) is 19.7. The van der Waals surface area contributed by atoms with Gasteiger partial charge < -0.3 is 10.2 Å². The smallest absolute Gasteiger partial charge is 0.0949 e. The Morgan fingerprint density at radius 2 is 0.286 bits per heavy atom. The summed E-state index contributed by atoms with van der Waals surface area (Å²) in [6.45, 7) is 37.0. The van der Waals surface area contributed by atoms with Crippen LogP contribution in [0.5, 0.6) is 0 Å². The highest BCUT2D eigenvalue weighted by Gasteiger charge is 2.09. The van der Waals surface area contributed by atoms with E-state index in [1.165, 1.54) is 0 Å². The zero-order valence-corrected chi connectivity index (χ0v) is 29.7. The molecule has 0 fully saturated rings. The molecule has 0 aliphatic heterocycles. The molecule has 7 N–H and O–H groups in total. The average Bonchev–Trinajstić information content (AvgIpc) is 2.64. The number of rotatable bonds is 0. The maximum atomic E-state index is 8.52. The van der Waals surface area contributed by atoms with Gasteiger partial charge in [-0.1, -0.05) is 14.9 Å². The molecule has 12 nitrogen and oxygen atoms in total. The fourth-order valence-corrected chi connectivity index (χ4v) is 0. The van der Waals surface area contributed by atoms with Gasteiger partial charge in [-0.3, -0.25) is 26.3 Å². The van der Waals surface area contributed by atoms with E-state index in [9.17, 15) is 0 Å². The van der Waals surface area contributed by atoms with Gasteiger partial charge in [0.1, 0.15) is 0 Å². The van der Waals surface area contributed by atoms with E-state index in [1.54, 1.807) is 145 Å². The van der Waals surface area contributed by atoms with Crippen LogP contribution in [0.2, 0.25) is 0 Å². The molecule has 0 saturated heterocycles. The molecule has 12 heteroatoms. The molecule has 0 aliphatic carbocycles. The topological polar surface area (TPSA) is 188 Å². The fourth-order valence-electron chi connectivity index (χ4n) is 0. The van der Waals surface area contributed by atoms with Gasteiger partial charge in [0.05, 0.1) is 39.2 Å². The van der Waals surface area contributed by atoms with E-state index in [1.807, 2.05) is 0 Å². The summed E-state index contributed by atoms with van der Waals surface area (Å²) in [6.07, 6.45) is 0. The summed E-state index contributed by atoms with van der Waals surface area (Å²) in [5.41, 5.74) is -3.01. The van der Waals surface area contributed by atoms with Crippen molar-refractivity contribution in [2.24, 2.45) is 0 Å². The zero-order valence-electron chi connectivity index (χ0n) is 29.7. The zero-order chi connectivity index (χ0) is 35.0. The summed E-state index contributed by atoms with van der Waals surface area (Å²) in [7, 11) is 0. The first-order chi connectivity index (χ1) is 16.8. The summed E-state index contributed by atoms with van der Waals surface area (Å²) < 4.78 is 0. The van der Waals surface area contributed by atoms with E-state index in [4.69, 9.17) is 36.5 Å². The lowest BCUT2D eigenvalue weighted by molar-refractivity contribution is -0.306. The quantitative estimate of drug-likeness (QED) is 0.0994. The third kappa shape index (κ3) is 278. The van der Waals surface area contributed by atoms with Crippen molar-refractivity contribution in [2.45, 2.75) is 199 Å². The van der Waals surface area contributed by atoms with Gasteiger partial charge in [0.25, 0.3) is 0 Å². The molecular formula is C30H78O12. The standard InChI is InChI=1S/5C4H10O2.2C4H10O.2CH4/c5*1-4(2,3)6-5;2*1-4(2,3)5;;/h5*5H,1-3H3;2*5H,1-3H3;2*1H4. The van der Waals surface area contributed by atoms with Crippen LogP contribution in [0.3, 0.4) is 0 Å². The fraction of sp³-hybridized carbons (Fsp3) is 1.00. The molecule has 0 amide bonds. The van der Waals surface area contributed by atoms with Crippen LogP contribution in [0.1, 0.15) is 160 Å². The highest BCUT2D eigenvalue weighted by Crippen LogP contribution is 2.04. The summed E-state index contributed by atoms with van der Waals surface area (Å²) in [5, 5.41) is 56.6. The minimum absolute atomic E-state index is 0. The lowest BCUT2D eigenvalue weighted by Crippen LogP contribution is -2.15. The minimum Gasteiger partial charge on any atom is -0.391 e. The van der Waals surface area contributed by atoms with Crippen molar-refractivity contribution in [1.29, 1.82) is 0 Å². The van der Waals surface area contributed by atoms with Gasteiger partial charge in [0, 0.05) is 0 Å². The van der Waals surface area contributed by atoms with Crippen molar-refractivity contribution in [3.63, 3.8) is 0 Å². The highest BCUT2D eigenvalue weighted by molar-refractivity contribution is 4.55. The predicted molar refractivity (Wildman–Crippen MR) is 175 cm³/mol. The summed E-state index contributed by atoms with van der Waals surface area (Å²) >= 11 is 0. The Morgan fingerprint density at radius 3 is 0.286 bits per heavy atom. The number of hydrogen-bond acceptors (Lipinski definition) is 12. The third-order valence-corrected chi connectivity index (χ3v) is 1.37. The molecule has 0 aromatic heterocycles. The first-order valence-corrected chi connectivity index (χ1v) is 12.9. The first-order valence-electron chi connectivity index (χ1n) is 12.9. The highest BCUT2D eigenvalue weighted by atomic mass is 17.1. The van der Waals surface area contributed by atoms with Gasteiger partial charge in [0.2, 0.25) is 0 Å². The third-order valence-electron chi connectivity index (χ3n) is 1.37. The van der Waals surface area contributed by atoms with Crippen LogP contribution in [0.25, 0.3) is 0 Å². The second-order valence-corrected chi connectivity index (χ2v) is 15.4. The summed E-state index contributed by atoms with van der Waals surface area (Å²) in [5.74, 6) is 0. The van der Waals surface area contributed by atoms with Crippen molar-refractivity contribution >= 4 is 0 Å². The van der Waals surface area contributed by atoms with E-state index < -0.39 is 39.2 Å². The molecular weight excluding hydrogens is 552 g/mol. The Balaban J connectivity index is -0.0000000429. The Bertz CT molecular complexity index is 387. The molecule has 0 rings (SSSR count). The summed E-state index contributed by atoms with van der Waals surface area (Å²) in [6, 6.07) is 0. The van der Waals surface area contributed by atoms with Crippen molar-refractivity contribution in [2.75, 3.05) is 0 Å². The van der Waals surface area contributed by atoms with Gasteiger partial charge in [-0.05, 0) is 145 Å². The number of aliphatic hydroxyl groups is 2. The monoisotopic (exact) mass is 631 g/mol. The van der Waals surface area contributed by atoms with Crippen LogP contribution in [0, 0.1) is 0 Å². The first kappa shape index (κ1) is 64.5. The van der Waals surface area contributed by atoms with E-state index in [0.29, 0.717) is 0 Å². The molecule has 0 atom stereocenters. The van der Waals surface area contributed by atoms with Crippen LogP contribution < -0.4 is 0 Å². The Labute approximate surface area is 260 Å². The Kier molecular flexibility index (Phi) is 44.9. The van der Waals surface area contributed by atoms with E-state index in [2.05, 4.69) is 24.4 Å². The Morgan fingerprint density at radius 1 is 0.262 bits per heavy atom. The lowest BCUT2D eigenvalue weighted by Gasteiger charge is -2.10. The second kappa shape index (κ2) is 29.2. The molecule has 0 bridgehead atoms. The van der Waals surface area contributed by atoms with Gasteiger partial charge >= 0.3 is 0 Å². The van der Waals surface area contributed by atoms with E-state index >= 15 is 0 Å². The predicted octanol–water partition coefficient (Wildman–Crippen LogP) is 9.20. The SMILES string of the molecule is C.C.CC(C)(C)O.CC(C)(C)O.CC(C)(C)OO.CC(C)(C)OO.CC(C)(C)OO.CC(C)(C)OO.CC(C)(C)OO. The largest absolute Gasteiger partial charge is 0.391 e. The van der Waals surface area contributed by atoms with Gasteiger partial charge in [-0.25, -0.2) is 24.4 Å². The maximum absolute atomic E-state index is 8.52. The molecule has 0 saturated carbocycles. The minimum atomic E-state index is -0.500. The van der Waals surface area contributed by atoms with Crippen molar-refractivity contribution in [3.05, 3.63) is 0 Å². The Hall–Kier alpha value is -0.480. The molecule has 0 aromatic rings. The van der Waals surface area contributed by atoms with Crippen LogP contribution in [0.15, 0.2) is 0 Å². The lowest BCUT2D eigenvalue weighted by atomic mass is 10.2.